The molecule has 0 N–H and O–H groups in total. The number of hydrogen-bond acceptors (Lipinski definition) is 0. The molecule has 0 aromatic carbocycles. The summed E-state index contributed by atoms with van der Waals surface area (Å²) in [6.07, 6.45) is 8.50. The van der Waals surface area contributed by atoms with Crippen LogP contribution in [0.25, 0.3) is 0 Å². The number of rotatable bonds is 3. The van der Waals surface area contributed by atoms with Crippen molar-refractivity contribution in [3.63, 3.8) is 0 Å². The molecule has 0 nitrogen and oxygen atoms in total. The fraction of sp³-hybridized carbons (Fsp3) is 1.00. The van der Waals surface area contributed by atoms with Gasteiger partial charge in [0.2, 0.25) is 0 Å². The van der Waals surface area contributed by atoms with Gasteiger partial charge in [-0.1, -0.05) is 75.2 Å². The summed E-state index contributed by atoms with van der Waals surface area (Å²) in [5.41, 5.74) is 1.26. The highest BCUT2D eigenvalue weighted by atomic mass is 14.5. The van der Waals surface area contributed by atoms with Gasteiger partial charge in [0.1, 0.15) is 0 Å². The molecule has 1 fully saturated rings. The lowest BCUT2D eigenvalue weighted by Gasteiger charge is -2.49. The van der Waals surface area contributed by atoms with Crippen molar-refractivity contribution in [3.05, 3.63) is 0 Å². The minimum absolute atomic E-state index is 0.595. The minimum atomic E-state index is 0.595. The van der Waals surface area contributed by atoms with Crippen LogP contribution in [0, 0.1) is 16.7 Å². The van der Waals surface area contributed by atoms with E-state index in [1.54, 1.807) is 0 Å². The molecule has 0 spiro atoms. The van der Waals surface area contributed by atoms with Gasteiger partial charge in [0.15, 0.2) is 0 Å². The lowest BCUT2D eigenvalue weighted by atomic mass is 9.56. The zero-order chi connectivity index (χ0) is 14.8. The van der Waals surface area contributed by atoms with E-state index in [0.717, 1.165) is 5.92 Å². The summed E-state index contributed by atoms with van der Waals surface area (Å²) in [5.74, 6) is 0.945. The summed E-state index contributed by atoms with van der Waals surface area (Å²) in [5, 5.41) is 0. The topological polar surface area (TPSA) is 0 Å². The van der Waals surface area contributed by atoms with E-state index in [1.807, 2.05) is 27.7 Å². The Morgan fingerprint density at radius 2 is 1.50 bits per heavy atom. The van der Waals surface area contributed by atoms with Gasteiger partial charge in [0.05, 0.1) is 0 Å². The van der Waals surface area contributed by atoms with Gasteiger partial charge in [0.25, 0.3) is 0 Å². The van der Waals surface area contributed by atoms with Gasteiger partial charge < -0.3 is 0 Å². The van der Waals surface area contributed by atoms with Crippen molar-refractivity contribution in [2.24, 2.45) is 16.7 Å². The first kappa shape index (κ1) is 20.3. The maximum Gasteiger partial charge on any atom is -0.0269 e. The van der Waals surface area contributed by atoms with Crippen LogP contribution in [-0.4, -0.2) is 0 Å². The molecule has 112 valence electrons. The molecule has 1 rings (SSSR count). The molecule has 0 amide bonds. The molecule has 2 unspecified atom stereocenters. The quantitative estimate of drug-likeness (QED) is 0.506. The van der Waals surface area contributed by atoms with Gasteiger partial charge in [-0.3, -0.25) is 0 Å². The van der Waals surface area contributed by atoms with E-state index in [0.29, 0.717) is 10.8 Å². The van der Waals surface area contributed by atoms with Crippen LogP contribution >= 0.6 is 0 Å². The smallest absolute Gasteiger partial charge is 0.0269 e. The van der Waals surface area contributed by atoms with Crippen LogP contribution in [0.4, 0.5) is 0 Å². The maximum atomic E-state index is 2.48. The first-order valence-electron chi connectivity index (χ1n) is 8.46. The highest BCUT2D eigenvalue weighted by Crippen LogP contribution is 2.53. The molecule has 2 atom stereocenters. The summed E-state index contributed by atoms with van der Waals surface area (Å²) in [7, 11) is 0. The standard InChI is InChI=1S/C14H28.2C2H6/c1-6-9-14(7-2)11-13(4,5)10-8-12(14)3;2*1-2/h12H,6-11H2,1-5H3;2*1-2H3. The summed E-state index contributed by atoms with van der Waals surface area (Å²) in [4.78, 5) is 0. The molecule has 0 bridgehead atoms. The molecule has 18 heavy (non-hydrogen) atoms. The molecular weight excluding hydrogens is 216 g/mol. The summed E-state index contributed by atoms with van der Waals surface area (Å²) in [6.45, 7) is 20.1. The normalized spacial score (nSPS) is 29.5. The lowest BCUT2D eigenvalue weighted by molar-refractivity contribution is 0.0155. The summed E-state index contributed by atoms with van der Waals surface area (Å²) in [6, 6.07) is 0. The Labute approximate surface area is 118 Å². The molecule has 0 aliphatic heterocycles. The average Bonchev–Trinajstić information content (AvgIpc) is 2.39. The summed E-state index contributed by atoms with van der Waals surface area (Å²) < 4.78 is 0. The van der Waals surface area contributed by atoms with Crippen LogP contribution in [0.5, 0.6) is 0 Å². The number of hydrogen-bond donors (Lipinski definition) is 0. The molecule has 0 aromatic rings. The van der Waals surface area contributed by atoms with Gasteiger partial charge in [-0.25, -0.2) is 0 Å². The van der Waals surface area contributed by atoms with E-state index in [4.69, 9.17) is 0 Å². The second-order valence-corrected chi connectivity index (χ2v) is 6.25. The highest BCUT2D eigenvalue weighted by molar-refractivity contribution is 4.93. The Kier molecular flexibility index (Phi) is 11.1. The van der Waals surface area contributed by atoms with E-state index in [1.165, 1.54) is 38.5 Å². The van der Waals surface area contributed by atoms with Crippen LogP contribution in [0.1, 0.15) is 101 Å². The van der Waals surface area contributed by atoms with E-state index in [9.17, 15) is 0 Å². The Morgan fingerprint density at radius 3 is 1.89 bits per heavy atom. The predicted molar refractivity (Wildman–Crippen MR) is 87.1 cm³/mol. The molecule has 1 saturated carbocycles. The van der Waals surface area contributed by atoms with Crippen molar-refractivity contribution in [3.8, 4) is 0 Å². The van der Waals surface area contributed by atoms with Crippen molar-refractivity contribution in [2.45, 2.75) is 101 Å². The first-order valence-corrected chi connectivity index (χ1v) is 8.46. The third-order valence-electron chi connectivity index (χ3n) is 4.58. The second-order valence-electron chi connectivity index (χ2n) is 6.25. The lowest BCUT2D eigenvalue weighted by Crippen LogP contribution is -2.38. The maximum absolute atomic E-state index is 2.48. The molecule has 0 saturated heterocycles. The van der Waals surface area contributed by atoms with Gasteiger partial charge in [-0.05, 0) is 42.4 Å². The molecule has 0 heterocycles. The van der Waals surface area contributed by atoms with Crippen LogP contribution in [0.3, 0.4) is 0 Å². The zero-order valence-electron chi connectivity index (χ0n) is 14.8. The fourth-order valence-electron chi connectivity index (χ4n) is 3.61. The SMILES string of the molecule is CC.CC.CCCC1(CC)CC(C)(C)CCC1C. The van der Waals surface area contributed by atoms with Crippen molar-refractivity contribution in [1.29, 1.82) is 0 Å². The molecule has 1 aliphatic rings. The second kappa shape index (κ2) is 9.87. The van der Waals surface area contributed by atoms with E-state index >= 15 is 0 Å². The minimum Gasteiger partial charge on any atom is -0.0683 e. The van der Waals surface area contributed by atoms with Crippen molar-refractivity contribution >= 4 is 0 Å². The Hall–Kier alpha value is 0. The zero-order valence-corrected chi connectivity index (χ0v) is 14.8. The predicted octanol–water partition coefficient (Wildman–Crippen LogP) is 7.08. The summed E-state index contributed by atoms with van der Waals surface area (Å²) >= 11 is 0. The van der Waals surface area contributed by atoms with E-state index < -0.39 is 0 Å². The monoisotopic (exact) mass is 256 g/mol. The van der Waals surface area contributed by atoms with Crippen molar-refractivity contribution in [1.82, 2.24) is 0 Å². The van der Waals surface area contributed by atoms with Gasteiger partial charge in [-0.2, -0.15) is 0 Å². The molecule has 0 aromatic heterocycles. The molecular formula is C18H40. The van der Waals surface area contributed by atoms with Crippen LogP contribution in [0.2, 0.25) is 0 Å². The average molecular weight is 257 g/mol. The molecule has 0 heteroatoms. The van der Waals surface area contributed by atoms with Crippen LogP contribution < -0.4 is 0 Å². The fourth-order valence-corrected chi connectivity index (χ4v) is 3.61. The van der Waals surface area contributed by atoms with E-state index in [2.05, 4.69) is 34.6 Å². The van der Waals surface area contributed by atoms with Crippen molar-refractivity contribution in [2.75, 3.05) is 0 Å². The van der Waals surface area contributed by atoms with Gasteiger partial charge in [0, 0.05) is 0 Å². The van der Waals surface area contributed by atoms with Crippen LogP contribution in [0.15, 0.2) is 0 Å². The first-order chi connectivity index (χ1) is 8.46. The molecule has 1 aliphatic carbocycles. The Balaban J connectivity index is 0. The van der Waals surface area contributed by atoms with Crippen molar-refractivity contribution < 1.29 is 0 Å². The van der Waals surface area contributed by atoms with Gasteiger partial charge >= 0.3 is 0 Å². The van der Waals surface area contributed by atoms with Gasteiger partial charge in [-0.15, -0.1) is 0 Å². The highest BCUT2D eigenvalue weighted by Gasteiger charge is 2.42. The largest absolute Gasteiger partial charge is 0.0683 e. The third-order valence-corrected chi connectivity index (χ3v) is 4.58. The molecule has 0 radical (unpaired) electrons. The Morgan fingerprint density at radius 1 is 1.00 bits per heavy atom. The van der Waals surface area contributed by atoms with Crippen LogP contribution in [-0.2, 0) is 0 Å². The van der Waals surface area contributed by atoms with E-state index in [-0.39, 0.29) is 0 Å². The third kappa shape index (κ3) is 5.76. The Bertz CT molecular complexity index is 180.